The fourth-order valence-electron chi connectivity index (χ4n) is 2.17. The van der Waals surface area contributed by atoms with Gasteiger partial charge in [-0.15, -0.1) is 0 Å². The molecule has 0 spiro atoms. The van der Waals surface area contributed by atoms with E-state index in [0.29, 0.717) is 27.5 Å². The van der Waals surface area contributed by atoms with Crippen molar-refractivity contribution < 1.29 is 19.1 Å². The van der Waals surface area contributed by atoms with Crippen LogP contribution >= 0.6 is 0 Å². The highest BCUT2D eigenvalue weighted by Crippen LogP contribution is 2.27. The first-order valence-electron chi connectivity index (χ1n) is 5.79. The van der Waals surface area contributed by atoms with Gasteiger partial charge in [0.15, 0.2) is 0 Å². The summed E-state index contributed by atoms with van der Waals surface area (Å²) in [5, 5.41) is 1.37. The number of esters is 2. The van der Waals surface area contributed by atoms with Gasteiger partial charge in [-0.2, -0.15) is 0 Å². The molecule has 2 rings (SSSR count). The van der Waals surface area contributed by atoms with Gasteiger partial charge < -0.3 is 9.47 Å². The largest absolute Gasteiger partial charge is 0.465 e. The van der Waals surface area contributed by atoms with Crippen molar-refractivity contribution in [2.45, 2.75) is 6.92 Å². The molecule has 0 aliphatic carbocycles. The van der Waals surface area contributed by atoms with E-state index in [9.17, 15) is 9.59 Å². The maximum absolute atomic E-state index is 11.9. The lowest BCUT2D eigenvalue weighted by atomic mass is 9.95. The van der Waals surface area contributed by atoms with Crippen LogP contribution in [0.5, 0.6) is 0 Å². The van der Waals surface area contributed by atoms with E-state index >= 15 is 0 Å². The van der Waals surface area contributed by atoms with Gasteiger partial charge >= 0.3 is 11.9 Å². The minimum absolute atomic E-state index is 0.412. The maximum atomic E-state index is 11.9. The van der Waals surface area contributed by atoms with E-state index in [1.807, 2.05) is 12.1 Å². The minimum Gasteiger partial charge on any atom is -0.465 e. The second-order valence-electron chi connectivity index (χ2n) is 4.14. The summed E-state index contributed by atoms with van der Waals surface area (Å²) >= 11 is 0. The average Bonchev–Trinajstić information content (AvgIpc) is 2.44. The lowest BCUT2D eigenvalue weighted by Gasteiger charge is -2.12. The summed E-state index contributed by atoms with van der Waals surface area (Å²) in [6.45, 7) is 1.77. The van der Waals surface area contributed by atoms with Gasteiger partial charge in [0, 0.05) is 0 Å². The van der Waals surface area contributed by atoms with E-state index < -0.39 is 11.9 Å². The van der Waals surface area contributed by atoms with Gasteiger partial charge in [0.1, 0.15) is 0 Å². The quantitative estimate of drug-likeness (QED) is 0.777. The summed E-state index contributed by atoms with van der Waals surface area (Å²) in [5.41, 5.74) is 1.61. The van der Waals surface area contributed by atoms with Crippen LogP contribution in [-0.4, -0.2) is 26.2 Å². The Hall–Kier alpha value is -2.36. The Morgan fingerprint density at radius 2 is 1.53 bits per heavy atom. The van der Waals surface area contributed by atoms with Crippen LogP contribution in [0, 0.1) is 6.92 Å². The van der Waals surface area contributed by atoms with E-state index in [-0.39, 0.29) is 0 Å². The molecule has 98 valence electrons. The van der Waals surface area contributed by atoms with Crippen molar-refractivity contribution in [2.75, 3.05) is 14.2 Å². The Balaban J connectivity index is 2.84. The summed E-state index contributed by atoms with van der Waals surface area (Å²) < 4.78 is 9.57. The Bertz CT molecular complexity index is 658. The second kappa shape index (κ2) is 5.10. The Labute approximate surface area is 110 Å². The third-order valence-corrected chi connectivity index (χ3v) is 3.04. The SMILES string of the molecule is COC(=O)c1cc(C)c(C(=O)OC)c2ccccc12. The van der Waals surface area contributed by atoms with Crippen LogP contribution in [0.25, 0.3) is 10.8 Å². The Kier molecular flexibility index (Phi) is 3.51. The first-order chi connectivity index (χ1) is 9.10. The molecule has 4 nitrogen and oxygen atoms in total. The first kappa shape index (κ1) is 13.1. The molecule has 0 amide bonds. The van der Waals surface area contributed by atoms with E-state index in [1.54, 1.807) is 25.1 Å². The normalized spacial score (nSPS) is 10.3. The molecule has 0 heterocycles. The third kappa shape index (κ3) is 2.17. The molecule has 0 atom stereocenters. The van der Waals surface area contributed by atoms with Gasteiger partial charge in [0.2, 0.25) is 0 Å². The summed E-state index contributed by atoms with van der Waals surface area (Å²) in [6, 6.07) is 8.86. The van der Waals surface area contributed by atoms with Gasteiger partial charge in [0.05, 0.1) is 25.3 Å². The number of rotatable bonds is 2. The van der Waals surface area contributed by atoms with Crippen LogP contribution in [0.15, 0.2) is 30.3 Å². The predicted molar refractivity (Wildman–Crippen MR) is 71.4 cm³/mol. The third-order valence-electron chi connectivity index (χ3n) is 3.04. The van der Waals surface area contributed by atoms with E-state index in [2.05, 4.69) is 0 Å². The van der Waals surface area contributed by atoms with E-state index in [0.717, 1.165) is 0 Å². The fourth-order valence-corrected chi connectivity index (χ4v) is 2.17. The molecule has 0 aliphatic rings. The van der Waals surface area contributed by atoms with Crippen molar-refractivity contribution in [1.29, 1.82) is 0 Å². The lowest BCUT2D eigenvalue weighted by Crippen LogP contribution is -2.09. The van der Waals surface area contributed by atoms with Gasteiger partial charge in [-0.3, -0.25) is 0 Å². The van der Waals surface area contributed by atoms with Crippen molar-refractivity contribution in [3.63, 3.8) is 0 Å². The highest BCUT2D eigenvalue weighted by Gasteiger charge is 2.19. The van der Waals surface area contributed by atoms with Crippen molar-refractivity contribution in [1.82, 2.24) is 0 Å². The number of hydrogen-bond donors (Lipinski definition) is 0. The molecule has 0 fully saturated rings. The Morgan fingerprint density at radius 1 is 0.947 bits per heavy atom. The fraction of sp³-hybridized carbons (Fsp3) is 0.200. The molecule has 4 heteroatoms. The average molecular weight is 258 g/mol. The van der Waals surface area contributed by atoms with Crippen molar-refractivity contribution in [3.05, 3.63) is 47.0 Å². The molecule has 0 N–H and O–H groups in total. The summed E-state index contributed by atoms with van der Waals surface area (Å²) in [4.78, 5) is 23.7. The summed E-state index contributed by atoms with van der Waals surface area (Å²) in [5.74, 6) is -0.833. The number of methoxy groups -OCH3 is 2. The molecule has 0 aromatic heterocycles. The van der Waals surface area contributed by atoms with Crippen LogP contribution in [0.4, 0.5) is 0 Å². The highest BCUT2D eigenvalue weighted by atomic mass is 16.5. The van der Waals surface area contributed by atoms with Gasteiger partial charge in [0.25, 0.3) is 0 Å². The number of fused-ring (bicyclic) bond motifs is 1. The number of carbonyl (C=O) groups excluding carboxylic acids is 2. The highest BCUT2D eigenvalue weighted by molar-refractivity contribution is 6.12. The summed E-state index contributed by atoms with van der Waals surface area (Å²) in [7, 11) is 2.67. The maximum Gasteiger partial charge on any atom is 0.338 e. The first-order valence-corrected chi connectivity index (χ1v) is 5.79. The monoisotopic (exact) mass is 258 g/mol. The predicted octanol–water partition coefficient (Wildman–Crippen LogP) is 2.72. The molecule has 0 saturated carbocycles. The molecule has 0 unspecified atom stereocenters. The molecule has 2 aromatic carbocycles. The molecular formula is C15H14O4. The lowest BCUT2D eigenvalue weighted by molar-refractivity contribution is 0.0589. The van der Waals surface area contributed by atoms with Crippen LogP contribution in [0.3, 0.4) is 0 Å². The van der Waals surface area contributed by atoms with Crippen LogP contribution in [0.1, 0.15) is 26.3 Å². The van der Waals surface area contributed by atoms with Gasteiger partial charge in [-0.05, 0) is 29.3 Å². The van der Waals surface area contributed by atoms with Gasteiger partial charge in [-0.25, -0.2) is 9.59 Å². The van der Waals surface area contributed by atoms with Crippen LogP contribution in [-0.2, 0) is 9.47 Å². The Morgan fingerprint density at radius 3 is 2.11 bits per heavy atom. The van der Waals surface area contributed by atoms with Gasteiger partial charge in [-0.1, -0.05) is 24.3 Å². The zero-order chi connectivity index (χ0) is 14.0. The molecule has 0 bridgehead atoms. The number of aryl methyl sites for hydroxylation is 1. The number of benzene rings is 2. The molecule has 0 radical (unpaired) electrons. The number of hydrogen-bond acceptors (Lipinski definition) is 4. The minimum atomic E-state index is -0.421. The van der Waals surface area contributed by atoms with Crippen molar-refractivity contribution >= 4 is 22.7 Å². The smallest absolute Gasteiger partial charge is 0.338 e. The number of ether oxygens (including phenoxy) is 2. The van der Waals surface area contributed by atoms with E-state index in [4.69, 9.17) is 9.47 Å². The number of carbonyl (C=O) groups is 2. The zero-order valence-corrected chi connectivity index (χ0v) is 11.0. The van der Waals surface area contributed by atoms with Crippen molar-refractivity contribution in [2.24, 2.45) is 0 Å². The van der Waals surface area contributed by atoms with Crippen LogP contribution in [0.2, 0.25) is 0 Å². The molecule has 2 aromatic rings. The molecular weight excluding hydrogens is 244 g/mol. The van der Waals surface area contributed by atoms with Crippen LogP contribution < -0.4 is 0 Å². The molecule has 0 aliphatic heterocycles. The molecule has 0 saturated heterocycles. The standard InChI is InChI=1S/C15H14O4/c1-9-8-12(14(16)18-2)10-6-4-5-7-11(10)13(9)15(17)19-3/h4-8H,1-3H3. The molecule has 19 heavy (non-hydrogen) atoms. The topological polar surface area (TPSA) is 52.6 Å². The van der Waals surface area contributed by atoms with Crippen molar-refractivity contribution in [3.8, 4) is 0 Å². The zero-order valence-electron chi connectivity index (χ0n) is 11.0. The summed E-state index contributed by atoms with van der Waals surface area (Å²) in [6.07, 6.45) is 0. The second-order valence-corrected chi connectivity index (χ2v) is 4.14. The van der Waals surface area contributed by atoms with E-state index in [1.165, 1.54) is 14.2 Å².